The molecule has 0 fully saturated rings. The molecule has 0 bridgehead atoms. The van der Waals surface area contributed by atoms with Crippen molar-refractivity contribution in [3.05, 3.63) is 22.3 Å². The second-order valence-corrected chi connectivity index (χ2v) is 3.75. The van der Waals surface area contributed by atoms with Gasteiger partial charge in [-0.1, -0.05) is 5.92 Å². The van der Waals surface area contributed by atoms with Crippen LogP contribution in [0, 0.1) is 12.3 Å². The number of nitrogens with two attached hydrogens (primary N) is 1. The van der Waals surface area contributed by atoms with E-state index >= 15 is 0 Å². The fourth-order valence-electron chi connectivity index (χ4n) is 1.05. The molecule has 74 valence electrons. The van der Waals surface area contributed by atoms with Gasteiger partial charge in [-0.25, -0.2) is 4.98 Å². The van der Waals surface area contributed by atoms with Crippen molar-refractivity contribution in [2.45, 2.75) is 6.54 Å². The molecular weight excluding hydrogens is 242 g/mol. The van der Waals surface area contributed by atoms with Gasteiger partial charge in [-0.05, 0) is 27.6 Å². The quantitative estimate of drug-likeness (QED) is 0.828. The van der Waals surface area contributed by atoms with Crippen molar-refractivity contribution < 1.29 is 0 Å². The SMILES string of the molecule is C#CCN(C)c1cc(CN)c(Br)cn1. The van der Waals surface area contributed by atoms with Gasteiger partial charge < -0.3 is 10.6 Å². The van der Waals surface area contributed by atoms with Crippen LogP contribution in [0.1, 0.15) is 5.56 Å². The summed E-state index contributed by atoms with van der Waals surface area (Å²) >= 11 is 3.38. The number of aromatic nitrogens is 1. The highest BCUT2D eigenvalue weighted by Crippen LogP contribution is 2.19. The number of nitrogens with zero attached hydrogens (tertiary/aromatic N) is 2. The zero-order chi connectivity index (χ0) is 10.6. The largest absolute Gasteiger partial charge is 0.349 e. The van der Waals surface area contributed by atoms with Gasteiger partial charge in [-0.15, -0.1) is 6.42 Å². The van der Waals surface area contributed by atoms with Gasteiger partial charge in [0.1, 0.15) is 5.82 Å². The average Bonchev–Trinajstić information content (AvgIpc) is 2.19. The maximum Gasteiger partial charge on any atom is 0.129 e. The maximum absolute atomic E-state index is 5.58. The minimum atomic E-state index is 0.486. The van der Waals surface area contributed by atoms with Crippen LogP contribution >= 0.6 is 15.9 Å². The molecule has 1 heterocycles. The smallest absolute Gasteiger partial charge is 0.129 e. The fourth-order valence-corrected chi connectivity index (χ4v) is 1.43. The number of hydrogen-bond acceptors (Lipinski definition) is 3. The van der Waals surface area contributed by atoms with Crippen molar-refractivity contribution in [1.29, 1.82) is 0 Å². The van der Waals surface area contributed by atoms with Crippen LogP contribution < -0.4 is 10.6 Å². The Kier molecular flexibility index (Phi) is 3.93. The topological polar surface area (TPSA) is 42.1 Å². The molecule has 0 aliphatic rings. The molecule has 1 aromatic rings. The third-order valence-corrected chi connectivity index (χ3v) is 2.57. The van der Waals surface area contributed by atoms with E-state index in [4.69, 9.17) is 12.2 Å². The molecule has 0 atom stereocenters. The van der Waals surface area contributed by atoms with E-state index in [0.29, 0.717) is 13.1 Å². The lowest BCUT2D eigenvalue weighted by Gasteiger charge is -2.15. The van der Waals surface area contributed by atoms with Crippen LogP contribution in [0.3, 0.4) is 0 Å². The number of rotatable bonds is 3. The second kappa shape index (κ2) is 4.99. The third-order valence-electron chi connectivity index (χ3n) is 1.86. The molecule has 2 N–H and O–H groups in total. The van der Waals surface area contributed by atoms with Crippen LogP contribution in [0.25, 0.3) is 0 Å². The highest BCUT2D eigenvalue weighted by atomic mass is 79.9. The number of anilines is 1. The Balaban J connectivity index is 2.95. The molecule has 0 saturated carbocycles. The lowest BCUT2D eigenvalue weighted by molar-refractivity contribution is 0.979. The summed E-state index contributed by atoms with van der Waals surface area (Å²) in [5.41, 5.74) is 6.60. The summed E-state index contributed by atoms with van der Waals surface area (Å²) in [5, 5.41) is 0. The lowest BCUT2D eigenvalue weighted by atomic mass is 10.2. The summed E-state index contributed by atoms with van der Waals surface area (Å²) in [6.07, 6.45) is 6.95. The number of pyridine rings is 1. The molecule has 0 aliphatic carbocycles. The minimum absolute atomic E-state index is 0.486. The summed E-state index contributed by atoms with van der Waals surface area (Å²) in [7, 11) is 1.90. The minimum Gasteiger partial charge on any atom is -0.349 e. The van der Waals surface area contributed by atoms with E-state index in [1.54, 1.807) is 6.20 Å². The molecule has 1 aromatic heterocycles. The maximum atomic E-state index is 5.58. The summed E-state index contributed by atoms with van der Waals surface area (Å²) < 4.78 is 0.929. The van der Waals surface area contributed by atoms with E-state index in [1.165, 1.54) is 0 Å². The highest BCUT2D eigenvalue weighted by Gasteiger charge is 2.04. The molecule has 0 aliphatic heterocycles. The fraction of sp³-hybridized carbons (Fsp3) is 0.300. The highest BCUT2D eigenvalue weighted by molar-refractivity contribution is 9.10. The molecule has 0 aromatic carbocycles. The number of halogens is 1. The Morgan fingerprint density at radius 1 is 1.71 bits per heavy atom. The van der Waals surface area contributed by atoms with Crippen LogP contribution in [0.5, 0.6) is 0 Å². The van der Waals surface area contributed by atoms with Crippen LogP contribution in [0.15, 0.2) is 16.7 Å². The molecule has 14 heavy (non-hydrogen) atoms. The van der Waals surface area contributed by atoms with Gasteiger partial charge in [0.2, 0.25) is 0 Å². The first-order valence-corrected chi connectivity index (χ1v) is 4.97. The standard InChI is InChI=1S/C10H12BrN3/c1-3-4-14(2)10-5-8(6-12)9(11)7-13-10/h1,5,7H,4,6,12H2,2H3. The monoisotopic (exact) mass is 253 g/mol. The summed E-state index contributed by atoms with van der Waals surface area (Å²) in [6, 6.07) is 1.93. The van der Waals surface area contributed by atoms with Crippen molar-refractivity contribution in [2.24, 2.45) is 5.73 Å². The van der Waals surface area contributed by atoms with Crippen LogP contribution in [-0.4, -0.2) is 18.6 Å². The molecule has 4 heteroatoms. The molecule has 0 radical (unpaired) electrons. The molecule has 0 saturated heterocycles. The predicted octanol–water partition coefficient (Wildman–Crippen LogP) is 1.37. The van der Waals surface area contributed by atoms with E-state index in [-0.39, 0.29) is 0 Å². The molecule has 1 rings (SSSR count). The first-order chi connectivity index (χ1) is 6.69. The van der Waals surface area contributed by atoms with Crippen LogP contribution in [-0.2, 0) is 6.54 Å². The van der Waals surface area contributed by atoms with Gasteiger partial charge in [0.15, 0.2) is 0 Å². The van der Waals surface area contributed by atoms with E-state index < -0.39 is 0 Å². The lowest BCUT2D eigenvalue weighted by Crippen LogP contribution is -2.18. The van der Waals surface area contributed by atoms with Crippen LogP contribution in [0.2, 0.25) is 0 Å². The summed E-state index contributed by atoms with van der Waals surface area (Å²) in [4.78, 5) is 6.13. The molecule has 0 amide bonds. The van der Waals surface area contributed by atoms with Gasteiger partial charge >= 0.3 is 0 Å². The second-order valence-electron chi connectivity index (χ2n) is 2.90. The predicted molar refractivity (Wildman–Crippen MR) is 61.9 cm³/mol. The molecule has 0 unspecified atom stereocenters. The van der Waals surface area contributed by atoms with Gasteiger partial charge in [0.25, 0.3) is 0 Å². The van der Waals surface area contributed by atoms with Crippen molar-refractivity contribution in [2.75, 3.05) is 18.5 Å². The summed E-state index contributed by atoms with van der Waals surface area (Å²) in [6.45, 7) is 1.03. The van der Waals surface area contributed by atoms with E-state index in [9.17, 15) is 0 Å². The average molecular weight is 254 g/mol. The van der Waals surface area contributed by atoms with Gasteiger partial charge in [-0.3, -0.25) is 0 Å². The number of terminal acetylenes is 1. The normalized spacial score (nSPS) is 9.57. The Morgan fingerprint density at radius 3 is 3.00 bits per heavy atom. The number of hydrogen-bond donors (Lipinski definition) is 1. The first-order valence-electron chi connectivity index (χ1n) is 4.18. The summed E-state index contributed by atoms with van der Waals surface area (Å²) in [5.74, 6) is 3.40. The van der Waals surface area contributed by atoms with E-state index in [1.807, 2.05) is 18.0 Å². The Morgan fingerprint density at radius 2 is 2.43 bits per heavy atom. The van der Waals surface area contributed by atoms with E-state index in [2.05, 4.69) is 26.8 Å². The Hall–Kier alpha value is -1.05. The third kappa shape index (κ3) is 2.47. The van der Waals surface area contributed by atoms with Crippen LogP contribution in [0.4, 0.5) is 5.82 Å². The van der Waals surface area contributed by atoms with E-state index in [0.717, 1.165) is 15.9 Å². The Labute approximate surface area is 92.4 Å². The zero-order valence-electron chi connectivity index (χ0n) is 8.00. The molecule has 0 spiro atoms. The van der Waals surface area contributed by atoms with Gasteiger partial charge in [-0.2, -0.15) is 0 Å². The van der Waals surface area contributed by atoms with Gasteiger partial charge in [0, 0.05) is 24.3 Å². The Bertz CT molecular complexity index is 357. The van der Waals surface area contributed by atoms with Crippen molar-refractivity contribution in [3.63, 3.8) is 0 Å². The van der Waals surface area contributed by atoms with Crippen molar-refractivity contribution >= 4 is 21.7 Å². The molecule has 3 nitrogen and oxygen atoms in total. The first kappa shape index (κ1) is 11.0. The molecular formula is C10H12BrN3. The van der Waals surface area contributed by atoms with Crippen molar-refractivity contribution in [3.8, 4) is 12.3 Å². The van der Waals surface area contributed by atoms with Gasteiger partial charge in [0.05, 0.1) is 6.54 Å². The van der Waals surface area contributed by atoms with Crippen molar-refractivity contribution in [1.82, 2.24) is 4.98 Å². The zero-order valence-corrected chi connectivity index (χ0v) is 9.58.